The number of allylic oxidation sites excluding steroid dienone is 5. The van der Waals surface area contributed by atoms with E-state index in [1.165, 1.54) is 231 Å². The van der Waals surface area contributed by atoms with Gasteiger partial charge >= 0.3 is 5.97 Å². The number of esters is 1. The Balaban J connectivity index is 5.11. The average Bonchev–Trinajstić information content (AvgIpc) is 3.40. The number of hydrogen-bond acceptors (Lipinski definition) is 7. The van der Waals surface area contributed by atoms with Crippen LogP contribution in [-0.2, 0) is 27.9 Å². The molecule has 1 N–H and O–H groups in total. The van der Waals surface area contributed by atoms with E-state index in [9.17, 15) is 19.0 Å². The largest absolute Gasteiger partial charge is 0.756 e. The van der Waals surface area contributed by atoms with E-state index < -0.39 is 20.0 Å². The number of amides is 1. The lowest BCUT2D eigenvalue weighted by Gasteiger charge is -2.30. The second-order valence-corrected chi connectivity index (χ2v) is 25.7. The zero-order chi connectivity index (χ0) is 57.2. The van der Waals surface area contributed by atoms with Crippen molar-refractivity contribution in [2.75, 3.05) is 40.9 Å². The van der Waals surface area contributed by atoms with Crippen LogP contribution in [-0.4, -0.2) is 69.4 Å². The molecule has 0 aromatic heterocycles. The van der Waals surface area contributed by atoms with Crippen LogP contribution in [0.25, 0.3) is 0 Å². The Morgan fingerprint density at radius 3 is 1.09 bits per heavy atom. The summed E-state index contributed by atoms with van der Waals surface area (Å²) in [4.78, 5) is 40.1. The molecule has 9 nitrogen and oxygen atoms in total. The van der Waals surface area contributed by atoms with Crippen LogP contribution in [0.1, 0.15) is 335 Å². The maximum Gasteiger partial charge on any atom is 0.306 e. The van der Waals surface area contributed by atoms with E-state index in [0.29, 0.717) is 17.4 Å². The van der Waals surface area contributed by atoms with Gasteiger partial charge < -0.3 is 28.5 Å². The van der Waals surface area contributed by atoms with Crippen molar-refractivity contribution in [3.63, 3.8) is 0 Å². The zero-order valence-corrected chi connectivity index (χ0v) is 53.5. The molecule has 3 atom stereocenters. The first-order valence-electron chi connectivity index (χ1n) is 33.8. The van der Waals surface area contributed by atoms with E-state index in [1.54, 1.807) is 0 Å². The van der Waals surface area contributed by atoms with Gasteiger partial charge in [0.05, 0.1) is 33.8 Å². The number of quaternary nitrogens is 1. The Hall–Kier alpha value is -1.77. The molecule has 0 spiro atoms. The molecule has 460 valence electrons. The molecule has 78 heavy (non-hydrogen) atoms. The van der Waals surface area contributed by atoms with Gasteiger partial charge in [-0.2, -0.15) is 0 Å². The average molecular weight is 1120 g/mol. The van der Waals surface area contributed by atoms with Gasteiger partial charge in [0, 0.05) is 12.8 Å². The van der Waals surface area contributed by atoms with Crippen LogP contribution in [0, 0.1) is 0 Å². The zero-order valence-electron chi connectivity index (χ0n) is 52.6. The van der Waals surface area contributed by atoms with E-state index >= 15 is 0 Å². The van der Waals surface area contributed by atoms with Crippen molar-refractivity contribution in [3.05, 3.63) is 36.5 Å². The number of rotatable bonds is 62. The van der Waals surface area contributed by atoms with Crippen LogP contribution in [0.2, 0.25) is 0 Å². The quantitative estimate of drug-likeness (QED) is 0.0212. The molecule has 0 radical (unpaired) electrons. The molecule has 0 fully saturated rings. The van der Waals surface area contributed by atoms with Crippen molar-refractivity contribution in [2.45, 2.75) is 348 Å². The first kappa shape index (κ1) is 76.2. The van der Waals surface area contributed by atoms with Crippen LogP contribution in [0.4, 0.5) is 0 Å². The van der Waals surface area contributed by atoms with Crippen LogP contribution in [0.15, 0.2) is 36.5 Å². The third-order valence-electron chi connectivity index (χ3n) is 15.3. The summed E-state index contributed by atoms with van der Waals surface area (Å²) in [6.07, 6.45) is 71.2. The summed E-state index contributed by atoms with van der Waals surface area (Å²) in [7, 11) is 1.19. The summed E-state index contributed by atoms with van der Waals surface area (Å²) >= 11 is 0. The van der Waals surface area contributed by atoms with Gasteiger partial charge in [-0.05, 0) is 83.1 Å². The first-order valence-corrected chi connectivity index (χ1v) is 35.3. The van der Waals surface area contributed by atoms with Crippen LogP contribution in [0.5, 0.6) is 0 Å². The van der Waals surface area contributed by atoms with Crippen molar-refractivity contribution in [3.8, 4) is 0 Å². The highest BCUT2D eigenvalue weighted by molar-refractivity contribution is 7.45. The lowest BCUT2D eigenvalue weighted by atomic mass is 10.0. The summed E-state index contributed by atoms with van der Waals surface area (Å²) < 4.78 is 30.4. The number of ether oxygens (including phenoxy) is 1. The minimum atomic E-state index is -4.70. The fraction of sp³-hybridized carbons (Fsp3) is 0.882. The number of nitrogens with one attached hydrogen (secondary N) is 1. The molecule has 0 aromatic carbocycles. The van der Waals surface area contributed by atoms with Gasteiger partial charge in [0.15, 0.2) is 0 Å². The lowest BCUT2D eigenvalue weighted by molar-refractivity contribution is -0.870. The number of phosphoric acid groups is 1. The molecule has 0 saturated heterocycles. The fourth-order valence-corrected chi connectivity index (χ4v) is 10.8. The molecule has 0 rings (SSSR count). The van der Waals surface area contributed by atoms with Crippen molar-refractivity contribution >= 4 is 19.7 Å². The van der Waals surface area contributed by atoms with Gasteiger partial charge in [-0.3, -0.25) is 14.2 Å². The molecule has 0 heterocycles. The molecule has 0 saturated carbocycles. The number of hydrogen-bond donors (Lipinski definition) is 1. The highest BCUT2D eigenvalue weighted by atomic mass is 31.2. The highest BCUT2D eigenvalue weighted by Crippen LogP contribution is 2.38. The van der Waals surface area contributed by atoms with Crippen molar-refractivity contribution in [1.29, 1.82) is 0 Å². The van der Waals surface area contributed by atoms with E-state index in [1.807, 2.05) is 33.3 Å². The van der Waals surface area contributed by atoms with Gasteiger partial charge in [0.25, 0.3) is 7.82 Å². The SMILES string of the molecule is CCCCCCCC/C=C/CCCCCCCCCCCCCCCC(=O)OC(/C=C\CCCCCCCCCCCC)C(COP(=O)([O-])OCC[N+](C)(C)C)NC(=O)CCCCCCCCC/C=C/CCCCCCCC. The number of carbonyl (C=O) groups is 2. The first-order chi connectivity index (χ1) is 37.9. The molecule has 0 aliphatic carbocycles. The van der Waals surface area contributed by atoms with Gasteiger partial charge in [-0.25, -0.2) is 0 Å². The van der Waals surface area contributed by atoms with Crippen LogP contribution in [0.3, 0.4) is 0 Å². The third kappa shape index (κ3) is 58.9. The standard InChI is InChI=1S/C68H131N2O7P/c1-7-10-13-16-19-22-25-28-30-32-33-34-35-36-37-39-41-43-46-49-52-55-58-61-68(72)77-66(59-56-53-50-47-44-27-24-21-18-15-12-9-3)65(64-76-78(73,74)75-63-62-70(4,5)6)69-67(71)60-57-54-51-48-45-42-40-38-31-29-26-23-20-17-14-11-8-2/h28-31,56,59,65-66H,7-27,32-55,57-58,60-64H2,1-6H3,(H-,69,71,73,74)/b30-28+,31-29+,59-56-. The van der Waals surface area contributed by atoms with Crippen molar-refractivity contribution < 1.29 is 37.3 Å². The summed E-state index contributed by atoms with van der Waals surface area (Å²) in [5.74, 6) is -0.531. The number of nitrogens with zero attached hydrogens (tertiary/aromatic N) is 1. The Morgan fingerprint density at radius 1 is 0.436 bits per heavy atom. The molecule has 0 aliphatic rings. The summed E-state index contributed by atoms with van der Waals surface area (Å²) in [5, 5.41) is 3.04. The Morgan fingerprint density at radius 2 is 0.744 bits per heavy atom. The molecule has 0 aliphatic heterocycles. The Kier molecular flexibility index (Phi) is 57.1. The Labute approximate surface area is 485 Å². The maximum atomic E-state index is 13.6. The molecule has 0 aromatic rings. The normalized spacial score (nSPS) is 13.8. The van der Waals surface area contributed by atoms with Gasteiger partial charge in [-0.15, -0.1) is 0 Å². The Bertz CT molecular complexity index is 1430. The second kappa shape index (κ2) is 58.4. The van der Waals surface area contributed by atoms with E-state index in [-0.39, 0.29) is 31.5 Å². The van der Waals surface area contributed by atoms with Crippen LogP contribution < -0.4 is 10.2 Å². The summed E-state index contributed by atoms with van der Waals surface area (Å²) in [5.41, 5.74) is 0. The molecule has 1 amide bonds. The minimum Gasteiger partial charge on any atom is -0.756 e. The second-order valence-electron chi connectivity index (χ2n) is 24.3. The number of phosphoric ester groups is 1. The minimum absolute atomic E-state index is 0.0210. The smallest absolute Gasteiger partial charge is 0.306 e. The highest BCUT2D eigenvalue weighted by Gasteiger charge is 2.27. The third-order valence-corrected chi connectivity index (χ3v) is 16.3. The molecule has 10 heteroatoms. The van der Waals surface area contributed by atoms with Gasteiger partial charge in [-0.1, -0.05) is 276 Å². The van der Waals surface area contributed by atoms with Gasteiger partial charge in [0.1, 0.15) is 19.3 Å². The van der Waals surface area contributed by atoms with E-state index in [0.717, 1.165) is 70.6 Å². The molecule has 0 bridgehead atoms. The van der Waals surface area contributed by atoms with Crippen molar-refractivity contribution in [1.82, 2.24) is 5.32 Å². The lowest BCUT2D eigenvalue weighted by Crippen LogP contribution is -2.47. The van der Waals surface area contributed by atoms with Crippen LogP contribution >= 0.6 is 7.82 Å². The summed E-state index contributed by atoms with van der Waals surface area (Å²) in [6, 6.07) is -0.888. The molecular weight excluding hydrogens is 988 g/mol. The molecular formula is C68H131N2O7P. The predicted molar refractivity (Wildman–Crippen MR) is 335 cm³/mol. The topological polar surface area (TPSA) is 114 Å². The fourth-order valence-electron chi connectivity index (χ4n) is 10.0. The van der Waals surface area contributed by atoms with E-state index in [2.05, 4.69) is 50.4 Å². The van der Waals surface area contributed by atoms with E-state index in [4.69, 9.17) is 13.8 Å². The number of unbranched alkanes of at least 4 members (excludes halogenated alkanes) is 42. The summed E-state index contributed by atoms with van der Waals surface area (Å²) in [6.45, 7) is 6.87. The number of carbonyl (C=O) groups excluding carboxylic acids is 2. The monoisotopic (exact) mass is 1120 g/mol. The maximum absolute atomic E-state index is 13.6. The molecule has 3 unspecified atom stereocenters. The number of likely N-dealkylation sites (N-methyl/N-ethyl adjacent to an activating group) is 1. The van der Waals surface area contributed by atoms with Crippen molar-refractivity contribution in [2.24, 2.45) is 0 Å². The predicted octanol–water partition coefficient (Wildman–Crippen LogP) is 20.4. The van der Waals surface area contributed by atoms with Gasteiger partial charge in [0.2, 0.25) is 5.91 Å².